The molecule has 5 heteroatoms. The van der Waals surface area contributed by atoms with Crippen molar-refractivity contribution in [3.8, 4) is 0 Å². The van der Waals surface area contributed by atoms with Crippen molar-refractivity contribution in [1.29, 1.82) is 0 Å². The predicted octanol–water partition coefficient (Wildman–Crippen LogP) is 0.00220. The van der Waals surface area contributed by atoms with E-state index >= 15 is 0 Å². The number of carbonyl (C=O) groups excluding carboxylic acids is 2. The third kappa shape index (κ3) is 3.02. The molecule has 1 saturated carbocycles. The normalized spacial score (nSPS) is 36.3. The fourth-order valence-electron chi connectivity index (χ4n) is 2.99. The molecule has 1 aliphatic carbocycles. The highest BCUT2D eigenvalue weighted by Gasteiger charge is 2.32. The number of nitrogens with two attached hydrogens (primary N) is 1. The molecule has 18 heavy (non-hydrogen) atoms. The van der Waals surface area contributed by atoms with Gasteiger partial charge in [-0.15, -0.1) is 0 Å². The monoisotopic (exact) mass is 253 g/mol. The molecule has 5 nitrogen and oxygen atoms in total. The summed E-state index contributed by atoms with van der Waals surface area (Å²) in [5, 5.41) is 6.36. The van der Waals surface area contributed by atoms with Gasteiger partial charge in [0.2, 0.25) is 11.8 Å². The van der Waals surface area contributed by atoms with Crippen molar-refractivity contribution in [2.45, 2.75) is 38.6 Å². The van der Waals surface area contributed by atoms with Gasteiger partial charge in [0.25, 0.3) is 0 Å². The Kier molecular flexibility index (Phi) is 4.22. The fourth-order valence-corrected chi connectivity index (χ4v) is 2.99. The highest BCUT2D eigenvalue weighted by Crippen LogP contribution is 2.25. The first-order valence-corrected chi connectivity index (χ1v) is 6.88. The Morgan fingerprint density at radius 3 is 2.33 bits per heavy atom. The smallest absolute Gasteiger partial charge is 0.224 e. The van der Waals surface area contributed by atoms with Crippen LogP contribution in [0.4, 0.5) is 0 Å². The molecule has 0 aromatic heterocycles. The van der Waals surface area contributed by atoms with Gasteiger partial charge in [-0.05, 0) is 38.1 Å². The summed E-state index contributed by atoms with van der Waals surface area (Å²) in [6.07, 6.45) is 3.35. The average molecular weight is 253 g/mol. The number of nitrogens with one attached hydrogen (secondary N) is 2. The van der Waals surface area contributed by atoms with Gasteiger partial charge in [-0.2, -0.15) is 0 Å². The molecule has 2 fully saturated rings. The lowest BCUT2D eigenvalue weighted by Gasteiger charge is -2.28. The van der Waals surface area contributed by atoms with Crippen LogP contribution in [0.1, 0.15) is 32.6 Å². The highest BCUT2D eigenvalue weighted by molar-refractivity contribution is 5.80. The third-order valence-corrected chi connectivity index (χ3v) is 4.33. The Labute approximate surface area is 108 Å². The quantitative estimate of drug-likeness (QED) is 0.662. The Morgan fingerprint density at radius 1 is 1.17 bits per heavy atom. The van der Waals surface area contributed by atoms with Crippen molar-refractivity contribution < 1.29 is 9.59 Å². The van der Waals surface area contributed by atoms with Crippen LogP contribution >= 0.6 is 0 Å². The Hall–Kier alpha value is -1.10. The molecule has 0 aromatic carbocycles. The van der Waals surface area contributed by atoms with Crippen molar-refractivity contribution in [1.82, 2.24) is 10.6 Å². The third-order valence-electron chi connectivity index (χ3n) is 4.33. The van der Waals surface area contributed by atoms with Gasteiger partial charge in [0, 0.05) is 18.5 Å². The number of hydrogen-bond donors (Lipinski definition) is 3. The van der Waals surface area contributed by atoms with E-state index in [1.807, 2.05) is 0 Å². The maximum Gasteiger partial charge on any atom is 0.224 e. The van der Waals surface area contributed by atoms with Gasteiger partial charge in [-0.1, -0.05) is 6.92 Å². The van der Waals surface area contributed by atoms with Crippen LogP contribution in [0.5, 0.6) is 0 Å². The number of rotatable bonds is 3. The van der Waals surface area contributed by atoms with E-state index < -0.39 is 0 Å². The summed E-state index contributed by atoms with van der Waals surface area (Å²) in [4.78, 5) is 23.2. The molecule has 1 heterocycles. The first-order chi connectivity index (χ1) is 8.58. The molecule has 1 saturated heterocycles. The maximum atomic E-state index is 12.1. The minimum Gasteiger partial charge on any atom is -0.369 e. The molecule has 0 spiro atoms. The summed E-state index contributed by atoms with van der Waals surface area (Å²) < 4.78 is 0. The molecule has 2 atom stereocenters. The van der Waals surface area contributed by atoms with E-state index in [4.69, 9.17) is 5.73 Å². The molecule has 1 aliphatic heterocycles. The lowest BCUT2D eigenvalue weighted by Crippen LogP contribution is -2.43. The van der Waals surface area contributed by atoms with Gasteiger partial charge in [-0.3, -0.25) is 9.59 Å². The van der Waals surface area contributed by atoms with Gasteiger partial charge in [0.15, 0.2) is 0 Å². The van der Waals surface area contributed by atoms with Gasteiger partial charge in [-0.25, -0.2) is 0 Å². The molecule has 4 N–H and O–H groups in total. The zero-order valence-electron chi connectivity index (χ0n) is 10.9. The standard InChI is InChI=1S/C13H23N3O2/c1-8-6-15-7-11(8)13(18)16-10-4-2-9(3-5-10)12(14)17/h8-11,15H,2-7H2,1H3,(H2,14,17)(H,16,18). The molecule has 0 bridgehead atoms. The molecular formula is C13H23N3O2. The highest BCUT2D eigenvalue weighted by atomic mass is 16.2. The zero-order chi connectivity index (χ0) is 13.1. The summed E-state index contributed by atoms with van der Waals surface area (Å²) in [6, 6.07) is 0.223. The lowest BCUT2D eigenvalue weighted by atomic mass is 9.85. The molecule has 2 aliphatic rings. The van der Waals surface area contributed by atoms with Crippen molar-refractivity contribution >= 4 is 11.8 Å². The molecular weight excluding hydrogens is 230 g/mol. The summed E-state index contributed by atoms with van der Waals surface area (Å²) in [5.41, 5.74) is 5.30. The van der Waals surface area contributed by atoms with Crippen LogP contribution in [0.25, 0.3) is 0 Å². The van der Waals surface area contributed by atoms with Crippen LogP contribution in [0.2, 0.25) is 0 Å². The van der Waals surface area contributed by atoms with Crippen molar-refractivity contribution in [3.05, 3.63) is 0 Å². The van der Waals surface area contributed by atoms with E-state index in [1.165, 1.54) is 0 Å². The van der Waals surface area contributed by atoms with Crippen LogP contribution in [-0.2, 0) is 9.59 Å². The zero-order valence-corrected chi connectivity index (χ0v) is 10.9. The molecule has 2 rings (SSSR count). The first kappa shape index (κ1) is 13.3. The Morgan fingerprint density at radius 2 is 1.83 bits per heavy atom. The topological polar surface area (TPSA) is 84.2 Å². The second-order valence-electron chi connectivity index (χ2n) is 5.70. The average Bonchev–Trinajstić information content (AvgIpc) is 2.76. The lowest BCUT2D eigenvalue weighted by molar-refractivity contribution is -0.126. The van der Waals surface area contributed by atoms with E-state index in [9.17, 15) is 9.59 Å². The number of primary amides is 1. The minimum absolute atomic E-state index is 0.00484. The number of carbonyl (C=O) groups is 2. The molecule has 2 amide bonds. The van der Waals surface area contributed by atoms with Crippen molar-refractivity contribution in [2.24, 2.45) is 23.5 Å². The minimum atomic E-state index is -0.201. The van der Waals surface area contributed by atoms with Crippen LogP contribution in [0, 0.1) is 17.8 Å². The molecule has 102 valence electrons. The van der Waals surface area contributed by atoms with Crippen LogP contribution in [-0.4, -0.2) is 30.9 Å². The van der Waals surface area contributed by atoms with E-state index in [0.717, 1.165) is 38.8 Å². The van der Waals surface area contributed by atoms with Crippen LogP contribution in [0.3, 0.4) is 0 Å². The summed E-state index contributed by atoms with van der Waals surface area (Å²) >= 11 is 0. The van der Waals surface area contributed by atoms with E-state index in [0.29, 0.717) is 5.92 Å². The van der Waals surface area contributed by atoms with E-state index in [2.05, 4.69) is 17.6 Å². The second-order valence-corrected chi connectivity index (χ2v) is 5.70. The van der Waals surface area contributed by atoms with Crippen LogP contribution < -0.4 is 16.4 Å². The molecule has 0 aromatic rings. The van der Waals surface area contributed by atoms with Gasteiger partial charge < -0.3 is 16.4 Å². The SMILES string of the molecule is CC1CNCC1C(=O)NC1CCC(C(N)=O)CC1. The Bertz CT molecular complexity index is 324. The summed E-state index contributed by atoms with van der Waals surface area (Å²) in [6.45, 7) is 3.81. The first-order valence-electron chi connectivity index (χ1n) is 6.88. The molecule has 0 radical (unpaired) electrons. The predicted molar refractivity (Wildman–Crippen MR) is 68.6 cm³/mol. The summed E-state index contributed by atoms with van der Waals surface area (Å²) in [7, 11) is 0. The van der Waals surface area contributed by atoms with E-state index in [1.54, 1.807) is 0 Å². The second kappa shape index (κ2) is 5.69. The van der Waals surface area contributed by atoms with Gasteiger partial charge in [0.05, 0.1) is 5.92 Å². The van der Waals surface area contributed by atoms with Crippen LogP contribution in [0.15, 0.2) is 0 Å². The van der Waals surface area contributed by atoms with Gasteiger partial charge in [0.1, 0.15) is 0 Å². The number of hydrogen-bond acceptors (Lipinski definition) is 3. The molecule has 2 unspecified atom stereocenters. The summed E-state index contributed by atoms with van der Waals surface area (Å²) in [5.74, 6) is 0.472. The Balaban J connectivity index is 1.77. The van der Waals surface area contributed by atoms with Gasteiger partial charge >= 0.3 is 0 Å². The van der Waals surface area contributed by atoms with Crippen molar-refractivity contribution in [2.75, 3.05) is 13.1 Å². The fraction of sp³-hybridized carbons (Fsp3) is 0.846. The largest absolute Gasteiger partial charge is 0.369 e. The maximum absolute atomic E-state index is 12.1. The van der Waals surface area contributed by atoms with E-state index in [-0.39, 0.29) is 29.7 Å². The number of amides is 2. The van der Waals surface area contributed by atoms with Crippen molar-refractivity contribution in [3.63, 3.8) is 0 Å².